The van der Waals surface area contributed by atoms with Crippen LogP contribution in [0.15, 0.2) is 22.7 Å². The number of nitrogens with zero attached hydrogens (tertiary/aromatic N) is 1. The Bertz CT molecular complexity index is 468. The van der Waals surface area contributed by atoms with Gasteiger partial charge in [0, 0.05) is 22.6 Å². The average Bonchev–Trinajstić information content (AvgIpc) is 2.33. The Balaban J connectivity index is 3.03. The van der Waals surface area contributed by atoms with Crippen LogP contribution >= 0.6 is 15.9 Å². The van der Waals surface area contributed by atoms with Crippen LogP contribution < -0.4 is 0 Å². The van der Waals surface area contributed by atoms with Gasteiger partial charge in [-0.05, 0) is 41.4 Å². The van der Waals surface area contributed by atoms with Crippen LogP contribution in [0, 0.1) is 13.8 Å². The van der Waals surface area contributed by atoms with Crippen molar-refractivity contribution in [3.63, 3.8) is 0 Å². The maximum absolute atomic E-state index is 3.57. The highest BCUT2D eigenvalue weighted by Gasteiger charge is 2.09. The monoisotopic (exact) mass is 237 g/mol. The summed E-state index contributed by atoms with van der Waals surface area (Å²) < 4.78 is 3.40. The van der Waals surface area contributed by atoms with Crippen LogP contribution in [0.5, 0.6) is 0 Å². The third kappa shape index (κ3) is 1.12. The third-order valence-corrected chi connectivity index (χ3v) is 3.41. The van der Waals surface area contributed by atoms with E-state index in [2.05, 4.69) is 59.6 Å². The summed E-state index contributed by atoms with van der Waals surface area (Å²) >= 11 is 3.57. The van der Waals surface area contributed by atoms with Gasteiger partial charge in [0.2, 0.25) is 0 Å². The van der Waals surface area contributed by atoms with E-state index in [-0.39, 0.29) is 0 Å². The number of halogens is 1. The van der Waals surface area contributed by atoms with E-state index < -0.39 is 0 Å². The topological polar surface area (TPSA) is 4.93 Å². The zero-order chi connectivity index (χ0) is 9.59. The zero-order valence-corrected chi connectivity index (χ0v) is 9.64. The Kier molecular flexibility index (Phi) is 1.95. The summed E-state index contributed by atoms with van der Waals surface area (Å²) in [6.07, 6.45) is 0. The molecule has 0 radical (unpaired) electrons. The summed E-state index contributed by atoms with van der Waals surface area (Å²) in [6, 6.07) is 6.34. The molecular formula is C11H12BrN. The first-order chi connectivity index (χ1) is 6.13. The van der Waals surface area contributed by atoms with Crippen molar-refractivity contribution in [3.05, 3.63) is 33.9 Å². The van der Waals surface area contributed by atoms with Crippen LogP contribution in [-0.4, -0.2) is 4.57 Å². The Hall–Kier alpha value is -0.760. The van der Waals surface area contributed by atoms with Crippen LogP contribution in [0.1, 0.15) is 11.3 Å². The van der Waals surface area contributed by atoms with Gasteiger partial charge >= 0.3 is 0 Å². The van der Waals surface area contributed by atoms with E-state index in [0.717, 1.165) is 0 Å². The molecule has 0 spiro atoms. The van der Waals surface area contributed by atoms with Gasteiger partial charge in [-0.3, -0.25) is 0 Å². The summed E-state index contributed by atoms with van der Waals surface area (Å²) in [5.74, 6) is 0. The molecule has 0 N–H and O–H groups in total. The smallest absolute Gasteiger partial charge is 0.0626 e. The first kappa shape index (κ1) is 8.82. The third-order valence-electron chi connectivity index (χ3n) is 2.77. The predicted molar refractivity (Wildman–Crippen MR) is 60.1 cm³/mol. The van der Waals surface area contributed by atoms with Crippen molar-refractivity contribution in [2.75, 3.05) is 0 Å². The van der Waals surface area contributed by atoms with E-state index in [9.17, 15) is 0 Å². The number of rotatable bonds is 0. The summed E-state index contributed by atoms with van der Waals surface area (Å²) in [6.45, 7) is 4.33. The molecule has 0 saturated carbocycles. The van der Waals surface area contributed by atoms with Crippen LogP contribution in [-0.2, 0) is 7.05 Å². The molecule has 1 heterocycles. The number of benzene rings is 1. The van der Waals surface area contributed by atoms with Crippen LogP contribution in [0.25, 0.3) is 10.9 Å². The van der Waals surface area contributed by atoms with E-state index in [1.54, 1.807) is 0 Å². The Labute approximate surface area is 86.5 Å². The quantitative estimate of drug-likeness (QED) is 0.661. The summed E-state index contributed by atoms with van der Waals surface area (Å²) in [5, 5.41) is 1.34. The molecule has 13 heavy (non-hydrogen) atoms. The standard InChI is InChI=1S/C11H12BrN/c1-7-8(2)13(3)11-9(7)5-4-6-10(11)12/h4-6H,1-3H3. The molecule has 2 heteroatoms. The molecule has 0 unspecified atom stereocenters. The maximum atomic E-state index is 3.57. The second kappa shape index (κ2) is 2.88. The number of fused-ring (bicyclic) bond motifs is 1. The fraction of sp³-hybridized carbons (Fsp3) is 0.273. The molecule has 68 valence electrons. The van der Waals surface area contributed by atoms with Gasteiger partial charge in [0.15, 0.2) is 0 Å². The van der Waals surface area contributed by atoms with Crippen molar-refractivity contribution in [3.8, 4) is 0 Å². The van der Waals surface area contributed by atoms with Gasteiger partial charge in [0.1, 0.15) is 0 Å². The Morgan fingerprint density at radius 2 is 1.92 bits per heavy atom. The lowest BCUT2D eigenvalue weighted by Crippen LogP contribution is -1.90. The minimum atomic E-state index is 1.17. The lowest BCUT2D eigenvalue weighted by atomic mass is 10.2. The van der Waals surface area contributed by atoms with E-state index in [0.29, 0.717) is 0 Å². The van der Waals surface area contributed by atoms with Crippen LogP contribution in [0.3, 0.4) is 0 Å². The number of para-hydroxylation sites is 1. The predicted octanol–water partition coefficient (Wildman–Crippen LogP) is 3.56. The normalized spacial score (nSPS) is 11.1. The van der Waals surface area contributed by atoms with E-state index >= 15 is 0 Å². The molecule has 0 aliphatic carbocycles. The molecule has 2 rings (SSSR count). The molecule has 0 aliphatic heterocycles. The minimum absolute atomic E-state index is 1.17. The van der Waals surface area contributed by atoms with Gasteiger partial charge in [-0.25, -0.2) is 0 Å². The van der Waals surface area contributed by atoms with Crippen LogP contribution in [0.4, 0.5) is 0 Å². The first-order valence-corrected chi connectivity index (χ1v) is 5.12. The van der Waals surface area contributed by atoms with Crippen molar-refractivity contribution in [2.24, 2.45) is 7.05 Å². The number of hydrogen-bond acceptors (Lipinski definition) is 0. The summed E-state index contributed by atoms with van der Waals surface area (Å²) in [7, 11) is 2.11. The maximum Gasteiger partial charge on any atom is 0.0626 e. The highest BCUT2D eigenvalue weighted by atomic mass is 79.9. The molecule has 1 nitrogen and oxygen atoms in total. The highest BCUT2D eigenvalue weighted by Crippen LogP contribution is 2.29. The molecule has 0 amide bonds. The Morgan fingerprint density at radius 3 is 2.54 bits per heavy atom. The molecule has 0 bridgehead atoms. The number of aryl methyl sites for hydroxylation is 2. The lowest BCUT2D eigenvalue weighted by molar-refractivity contribution is 0.908. The molecule has 2 aromatic rings. The fourth-order valence-electron chi connectivity index (χ4n) is 1.77. The summed E-state index contributed by atoms with van der Waals surface area (Å²) in [4.78, 5) is 0. The average molecular weight is 238 g/mol. The summed E-state index contributed by atoms with van der Waals surface area (Å²) in [5.41, 5.74) is 4.00. The van der Waals surface area contributed by atoms with E-state index in [4.69, 9.17) is 0 Å². The second-order valence-corrected chi connectivity index (χ2v) is 4.26. The largest absolute Gasteiger partial charge is 0.347 e. The van der Waals surface area contributed by atoms with Gasteiger partial charge in [-0.1, -0.05) is 12.1 Å². The number of hydrogen-bond donors (Lipinski definition) is 0. The SMILES string of the molecule is Cc1c(C)n(C)c2c(Br)cccc12. The van der Waals surface area contributed by atoms with E-state index in [1.807, 2.05) is 0 Å². The minimum Gasteiger partial charge on any atom is -0.347 e. The van der Waals surface area contributed by atoms with Gasteiger partial charge in [-0.15, -0.1) is 0 Å². The van der Waals surface area contributed by atoms with E-state index in [1.165, 1.54) is 26.6 Å². The van der Waals surface area contributed by atoms with Crippen molar-refractivity contribution in [2.45, 2.75) is 13.8 Å². The van der Waals surface area contributed by atoms with Crippen molar-refractivity contribution in [1.29, 1.82) is 0 Å². The molecule has 0 atom stereocenters. The molecule has 1 aromatic heterocycles. The molecule has 0 aliphatic rings. The van der Waals surface area contributed by atoms with Crippen molar-refractivity contribution >= 4 is 26.8 Å². The molecule has 0 saturated heterocycles. The second-order valence-electron chi connectivity index (χ2n) is 3.41. The van der Waals surface area contributed by atoms with Gasteiger partial charge in [0.25, 0.3) is 0 Å². The first-order valence-electron chi connectivity index (χ1n) is 4.33. The lowest BCUT2D eigenvalue weighted by Gasteiger charge is -2.00. The van der Waals surface area contributed by atoms with Crippen molar-refractivity contribution in [1.82, 2.24) is 4.57 Å². The fourth-order valence-corrected chi connectivity index (χ4v) is 2.41. The number of aromatic nitrogens is 1. The zero-order valence-electron chi connectivity index (χ0n) is 8.06. The van der Waals surface area contributed by atoms with Crippen LogP contribution in [0.2, 0.25) is 0 Å². The molecular weight excluding hydrogens is 226 g/mol. The van der Waals surface area contributed by atoms with Gasteiger partial charge < -0.3 is 4.57 Å². The molecule has 1 aromatic carbocycles. The van der Waals surface area contributed by atoms with Gasteiger partial charge in [0.05, 0.1) is 5.52 Å². The van der Waals surface area contributed by atoms with Gasteiger partial charge in [-0.2, -0.15) is 0 Å². The Morgan fingerprint density at radius 1 is 1.23 bits per heavy atom. The van der Waals surface area contributed by atoms with Crippen molar-refractivity contribution < 1.29 is 0 Å². The highest BCUT2D eigenvalue weighted by molar-refractivity contribution is 9.10. The molecule has 0 fully saturated rings.